The zero-order valence-electron chi connectivity index (χ0n) is 8.15. The molecule has 0 bridgehead atoms. The molecule has 0 fully saturated rings. The van der Waals surface area contributed by atoms with Crippen molar-refractivity contribution < 1.29 is 0 Å². The minimum atomic E-state index is 0.303. The average molecular weight is 199 g/mol. The monoisotopic (exact) mass is 199 g/mol. The summed E-state index contributed by atoms with van der Waals surface area (Å²) in [5.74, 6) is 0.303. The maximum Gasteiger partial charge on any atom is 0.221 e. The fourth-order valence-electron chi connectivity index (χ4n) is 1.63. The first-order chi connectivity index (χ1) is 7.22. The van der Waals surface area contributed by atoms with Crippen LogP contribution in [0.2, 0.25) is 0 Å². The van der Waals surface area contributed by atoms with E-state index in [2.05, 4.69) is 19.9 Å². The van der Waals surface area contributed by atoms with Crippen LogP contribution in [0.25, 0.3) is 22.1 Å². The van der Waals surface area contributed by atoms with Crippen LogP contribution in [0.3, 0.4) is 0 Å². The van der Waals surface area contributed by atoms with Gasteiger partial charge in [-0.1, -0.05) is 0 Å². The Balaban J connectivity index is 2.46. The van der Waals surface area contributed by atoms with Gasteiger partial charge in [0.05, 0.1) is 22.1 Å². The number of fused-ring (bicyclic) bond motifs is 2. The molecule has 5 heteroatoms. The number of nitrogen functional groups attached to an aromatic ring is 1. The normalized spacial score (nSPS) is 11.3. The van der Waals surface area contributed by atoms with Crippen molar-refractivity contribution in [2.75, 3.05) is 5.73 Å². The number of nitrogens with one attached hydrogen (secondary N) is 1. The topological polar surface area (TPSA) is 80.5 Å². The number of rotatable bonds is 0. The molecule has 0 atom stereocenters. The summed E-state index contributed by atoms with van der Waals surface area (Å²) in [6.45, 7) is 1.96. The van der Waals surface area contributed by atoms with Crippen LogP contribution in [0.1, 0.15) is 5.69 Å². The van der Waals surface area contributed by atoms with Gasteiger partial charge in [-0.25, -0.2) is 9.97 Å². The lowest BCUT2D eigenvalue weighted by atomic mass is 10.2. The Bertz CT molecular complexity index is 655. The predicted octanol–water partition coefficient (Wildman–Crippen LogP) is 1.40. The van der Waals surface area contributed by atoms with E-state index in [1.165, 1.54) is 0 Å². The maximum atomic E-state index is 5.53. The summed E-state index contributed by atoms with van der Waals surface area (Å²) in [6.07, 6.45) is 1.79. The van der Waals surface area contributed by atoms with E-state index in [1.807, 2.05) is 19.1 Å². The molecule has 0 amide bonds. The number of aryl methyl sites for hydroxylation is 1. The van der Waals surface area contributed by atoms with Gasteiger partial charge in [0, 0.05) is 11.9 Å². The predicted molar refractivity (Wildman–Crippen MR) is 58.3 cm³/mol. The lowest BCUT2D eigenvalue weighted by molar-refractivity contribution is 1.19. The molecule has 0 aliphatic heterocycles. The Morgan fingerprint density at radius 1 is 1.13 bits per heavy atom. The van der Waals surface area contributed by atoms with Crippen molar-refractivity contribution in [2.24, 2.45) is 0 Å². The maximum absolute atomic E-state index is 5.53. The van der Waals surface area contributed by atoms with Gasteiger partial charge in [-0.05, 0) is 19.1 Å². The number of aromatic amines is 1. The zero-order valence-corrected chi connectivity index (χ0v) is 8.15. The first-order valence-electron chi connectivity index (χ1n) is 4.61. The Kier molecular flexibility index (Phi) is 1.45. The van der Waals surface area contributed by atoms with E-state index >= 15 is 0 Å². The fraction of sp³-hybridized carbons (Fsp3) is 0.100. The van der Waals surface area contributed by atoms with Crippen LogP contribution in [-0.2, 0) is 0 Å². The van der Waals surface area contributed by atoms with Gasteiger partial charge in [0.25, 0.3) is 0 Å². The summed E-state index contributed by atoms with van der Waals surface area (Å²) >= 11 is 0. The lowest BCUT2D eigenvalue weighted by Crippen LogP contribution is -1.86. The third kappa shape index (κ3) is 1.20. The van der Waals surface area contributed by atoms with Gasteiger partial charge < -0.3 is 10.7 Å². The van der Waals surface area contributed by atoms with Gasteiger partial charge in [-0.15, -0.1) is 0 Å². The van der Waals surface area contributed by atoms with E-state index in [4.69, 9.17) is 5.73 Å². The van der Waals surface area contributed by atoms with Crippen LogP contribution >= 0.6 is 0 Å². The molecule has 0 radical (unpaired) electrons. The molecule has 2 heterocycles. The molecule has 74 valence electrons. The van der Waals surface area contributed by atoms with Crippen LogP contribution in [0.4, 0.5) is 5.95 Å². The third-order valence-electron chi connectivity index (χ3n) is 2.29. The standard InChI is InChI=1S/C10H9N5/c1-5-4-12-6-2-8-9(3-7(6)13-5)15-10(11)14-8/h2-4,13H,1H3,(H2,11,14). The van der Waals surface area contributed by atoms with Crippen LogP contribution < -0.4 is 5.73 Å². The summed E-state index contributed by atoms with van der Waals surface area (Å²) in [7, 11) is 0. The largest absolute Gasteiger partial charge is 0.368 e. The Morgan fingerprint density at radius 3 is 2.67 bits per heavy atom. The number of anilines is 1. The highest BCUT2D eigenvalue weighted by molar-refractivity contribution is 5.91. The number of imidazole rings is 1. The first kappa shape index (κ1) is 8.16. The first-order valence-corrected chi connectivity index (χ1v) is 4.61. The molecular formula is C10H9N5. The summed E-state index contributed by atoms with van der Waals surface area (Å²) in [5.41, 5.74) is 9.93. The number of hydrogen-bond donors (Lipinski definition) is 2. The lowest BCUT2D eigenvalue weighted by Gasteiger charge is -1.98. The summed E-state index contributed by atoms with van der Waals surface area (Å²) in [6, 6.07) is 3.79. The highest BCUT2D eigenvalue weighted by Crippen LogP contribution is 2.18. The second kappa shape index (κ2) is 2.66. The Morgan fingerprint density at radius 2 is 1.87 bits per heavy atom. The van der Waals surface area contributed by atoms with E-state index in [1.54, 1.807) is 6.20 Å². The number of aromatic nitrogens is 4. The molecule has 2 aromatic heterocycles. The van der Waals surface area contributed by atoms with Gasteiger partial charge >= 0.3 is 0 Å². The van der Waals surface area contributed by atoms with Crippen molar-refractivity contribution in [3.63, 3.8) is 0 Å². The van der Waals surface area contributed by atoms with Crippen LogP contribution in [0.5, 0.6) is 0 Å². The van der Waals surface area contributed by atoms with Crippen molar-refractivity contribution in [1.82, 2.24) is 19.9 Å². The van der Waals surface area contributed by atoms with Gasteiger partial charge in [0.15, 0.2) is 0 Å². The van der Waals surface area contributed by atoms with E-state index in [0.29, 0.717) is 5.95 Å². The molecule has 0 aliphatic carbocycles. The number of nitrogens with two attached hydrogens (primary N) is 1. The zero-order chi connectivity index (χ0) is 10.4. The van der Waals surface area contributed by atoms with Crippen LogP contribution in [-0.4, -0.2) is 19.9 Å². The second-order valence-corrected chi connectivity index (χ2v) is 3.51. The van der Waals surface area contributed by atoms with Gasteiger partial charge in [-0.3, -0.25) is 4.98 Å². The summed E-state index contributed by atoms with van der Waals surface area (Å²) < 4.78 is 0. The molecule has 1 aromatic carbocycles. The molecule has 3 N–H and O–H groups in total. The molecule has 0 saturated carbocycles. The molecular weight excluding hydrogens is 190 g/mol. The SMILES string of the molecule is Cc1cnc2cc3nc(N)nc3cc2[nH]1. The van der Waals surface area contributed by atoms with Crippen molar-refractivity contribution >= 4 is 28.0 Å². The van der Waals surface area contributed by atoms with E-state index < -0.39 is 0 Å². The van der Waals surface area contributed by atoms with Gasteiger partial charge in [0.1, 0.15) is 0 Å². The van der Waals surface area contributed by atoms with Crippen LogP contribution in [0, 0.1) is 6.92 Å². The molecule has 3 rings (SSSR count). The van der Waals surface area contributed by atoms with Crippen molar-refractivity contribution in [3.8, 4) is 0 Å². The summed E-state index contributed by atoms with van der Waals surface area (Å²) in [4.78, 5) is 15.7. The highest BCUT2D eigenvalue weighted by Gasteiger charge is 2.04. The second-order valence-electron chi connectivity index (χ2n) is 3.51. The Labute approximate surface area is 85.4 Å². The number of hydrogen-bond acceptors (Lipinski definition) is 4. The Hall–Kier alpha value is -2.17. The molecule has 0 aliphatic rings. The van der Waals surface area contributed by atoms with Gasteiger partial charge in [-0.2, -0.15) is 0 Å². The third-order valence-corrected chi connectivity index (χ3v) is 2.29. The molecule has 0 unspecified atom stereocenters. The minimum absolute atomic E-state index is 0.303. The van der Waals surface area contributed by atoms with E-state index in [9.17, 15) is 0 Å². The molecule has 15 heavy (non-hydrogen) atoms. The number of nitrogens with zero attached hydrogens (tertiary/aromatic N) is 3. The molecule has 0 saturated heterocycles. The smallest absolute Gasteiger partial charge is 0.221 e. The average Bonchev–Trinajstić information content (AvgIpc) is 2.53. The highest BCUT2D eigenvalue weighted by atomic mass is 15.0. The van der Waals surface area contributed by atoms with E-state index in [-0.39, 0.29) is 0 Å². The van der Waals surface area contributed by atoms with Crippen LogP contribution in [0.15, 0.2) is 18.3 Å². The quantitative estimate of drug-likeness (QED) is 0.573. The van der Waals surface area contributed by atoms with Crippen molar-refractivity contribution in [3.05, 3.63) is 24.0 Å². The number of H-pyrrole nitrogens is 1. The van der Waals surface area contributed by atoms with Crippen molar-refractivity contribution in [2.45, 2.75) is 6.92 Å². The number of benzene rings is 1. The summed E-state index contributed by atoms with van der Waals surface area (Å²) in [5, 5.41) is 0. The molecule has 0 spiro atoms. The van der Waals surface area contributed by atoms with Crippen molar-refractivity contribution in [1.29, 1.82) is 0 Å². The molecule has 3 aromatic rings. The van der Waals surface area contributed by atoms with Gasteiger partial charge in [0.2, 0.25) is 5.95 Å². The fourth-order valence-corrected chi connectivity index (χ4v) is 1.63. The minimum Gasteiger partial charge on any atom is -0.368 e. The van der Waals surface area contributed by atoms with E-state index in [0.717, 1.165) is 27.8 Å². The molecule has 5 nitrogen and oxygen atoms in total.